The molecule has 0 aliphatic carbocycles. The summed E-state index contributed by atoms with van der Waals surface area (Å²) in [6.07, 6.45) is 7.10. The summed E-state index contributed by atoms with van der Waals surface area (Å²) < 4.78 is 0. The van der Waals surface area contributed by atoms with Crippen molar-refractivity contribution in [1.82, 2.24) is 0 Å². The maximum atomic E-state index is 4.60. The third-order valence-corrected chi connectivity index (χ3v) is 0. The van der Waals surface area contributed by atoms with E-state index < -0.39 is 0 Å². The average Bonchev–Trinajstić information content (AvgIpc) is 2.29. The Hall–Kier alpha value is -0.700. The first-order valence-corrected chi connectivity index (χ1v) is 6.12. The van der Waals surface area contributed by atoms with E-state index in [1.165, 1.54) is 12.8 Å². The van der Waals surface area contributed by atoms with Crippen LogP contribution < -0.4 is 0 Å². The Balaban J connectivity index is -0.0000000164. The lowest BCUT2D eigenvalue weighted by Gasteiger charge is -1.48. The monoisotopic (exact) mass is 216 g/mol. The van der Waals surface area contributed by atoms with Crippen molar-refractivity contribution in [2.75, 3.05) is 0 Å². The molecule has 0 unspecified atom stereocenters. The minimum Gasteiger partial charge on any atom is -0.120 e. The normalized spacial score (nSPS) is 4.00. The first kappa shape index (κ1) is 36.7. The van der Waals surface area contributed by atoms with Crippen molar-refractivity contribution in [3.8, 4) is 12.3 Å². The van der Waals surface area contributed by atoms with Crippen molar-refractivity contribution >= 4 is 0 Å². The SMILES string of the molecule is C#CC.C=C.CC.CC.CCC.CCC. The molecule has 0 aromatic heterocycles. The largest absolute Gasteiger partial charge is 0.120 e. The van der Waals surface area contributed by atoms with Crippen molar-refractivity contribution in [3.05, 3.63) is 13.2 Å². The molecule has 0 aliphatic heterocycles. The van der Waals surface area contributed by atoms with E-state index in [2.05, 4.69) is 53.2 Å². The van der Waals surface area contributed by atoms with Gasteiger partial charge in [-0.15, -0.1) is 25.5 Å². The molecular formula is C15H36. The van der Waals surface area contributed by atoms with Gasteiger partial charge in [-0.2, -0.15) is 0 Å². The molecule has 15 heavy (non-hydrogen) atoms. The quantitative estimate of drug-likeness (QED) is 0.328. The number of hydrogen-bond acceptors (Lipinski definition) is 0. The molecular weight excluding hydrogens is 180 g/mol. The minimum absolute atomic E-state index is 1.25. The van der Waals surface area contributed by atoms with Crippen LogP contribution in [0.1, 0.15) is 75.2 Å². The lowest BCUT2D eigenvalue weighted by Crippen LogP contribution is -1.27. The van der Waals surface area contributed by atoms with Crippen molar-refractivity contribution in [2.24, 2.45) is 0 Å². The Morgan fingerprint density at radius 2 is 0.800 bits per heavy atom. The molecule has 0 aliphatic rings. The summed E-state index contributed by atoms with van der Waals surface area (Å²) >= 11 is 0. The van der Waals surface area contributed by atoms with Crippen LogP contribution in [-0.4, -0.2) is 0 Å². The highest BCUT2D eigenvalue weighted by Gasteiger charge is 1.36. The summed E-state index contributed by atoms with van der Waals surface area (Å²) in [6, 6.07) is 0. The Morgan fingerprint density at radius 3 is 0.800 bits per heavy atom. The van der Waals surface area contributed by atoms with Gasteiger partial charge in [0, 0.05) is 0 Å². The van der Waals surface area contributed by atoms with Crippen molar-refractivity contribution in [1.29, 1.82) is 0 Å². The molecule has 0 spiro atoms. The molecule has 0 N–H and O–H groups in total. The van der Waals surface area contributed by atoms with Gasteiger partial charge in [-0.25, -0.2) is 0 Å². The first-order chi connectivity index (χ1) is 7.24. The van der Waals surface area contributed by atoms with Gasteiger partial charge in [0.15, 0.2) is 0 Å². The number of rotatable bonds is 0. The van der Waals surface area contributed by atoms with Gasteiger partial charge in [-0.1, -0.05) is 68.2 Å². The fourth-order valence-corrected chi connectivity index (χ4v) is 0. The number of terminal acetylenes is 1. The van der Waals surface area contributed by atoms with Gasteiger partial charge in [0.2, 0.25) is 0 Å². The van der Waals surface area contributed by atoms with Crippen molar-refractivity contribution in [2.45, 2.75) is 75.2 Å². The fraction of sp³-hybridized carbons (Fsp3) is 0.733. The zero-order chi connectivity index (χ0) is 14.1. The second-order valence-electron chi connectivity index (χ2n) is 1.70. The summed E-state index contributed by atoms with van der Waals surface area (Å²) in [5, 5.41) is 0. The van der Waals surface area contributed by atoms with Gasteiger partial charge in [0.1, 0.15) is 0 Å². The van der Waals surface area contributed by atoms with Crippen LogP contribution in [-0.2, 0) is 0 Å². The molecule has 0 nitrogen and oxygen atoms in total. The molecule has 0 saturated carbocycles. The molecule has 0 amide bonds. The molecule has 0 atom stereocenters. The summed E-state index contributed by atoms with van der Waals surface area (Å²) in [6.45, 7) is 24.2. The molecule has 0 fully saturated rings. The zero-order valence-corrected chi connectivity index (χ0v) is 12.9. The van der Waals surface area contributed by atoms with Crippen LogP contribution in [0.4, 0.5) is 0 Å². The maximum absolute atomic E-state index is 4.60. The lowest BCUT2D eigenvalue weighted by atomic mass is 10.6. The molecule has 0 aromatic carbocycles. The van der Waals surface area contributed by atoms with Gasteiger partial charge >= 0.3 is 0 Å². The molecule has 96 valence electrons. The molecule has 0 bridgehead atoms. The van der Waals surface area contributed by atoms with Gasteiger partial charge in [0.25, 0.3) is 0 Å². The summed E-state index contributed by atoms with van der Waals surface area (Å²) in [5.74, 6) is 2.25. The van der Waals surface area contributed by atoms with Gasteiger partial charge in [-0.05, 0) is 6.92 Å². The van der Waals surface area contributed by atoms with E-state index in [1.54, 1.807) is 6.92 Å². The molecule has 0 saturated heterocycles. The highest BCUT2D eigenvalue weighted by molar-refractivity contribution is 4.73. The first-order valence-electron chi connectivity index (χ1n) is 6.12. The average molecular weight is 216 g/mol. The molecule has 0 radical (unpaired) electrons. The van der Waals surface area contributed by atoms with Crippen LogP contribution >= 0.6 is 0 Å². The second-order valence-corrected chi connectivity index (χ2v) is 1.70. The predicted octanol–water partition coefficient (Wildman–Crippen LogP) is 6.33. The highest BCUT2D eigenvalue weighted by atomic mass is 13.4. The molecule has 0 rings (SSSR count). The highest BCUT2D eigenvalue weighted by Crippen LogP contribution is 1.56. The molecule has 0 heterocycles. The minimum atomic E-state index is 1.25. The Kier molecular flexibility index (Phi) is 931. The number of hydrogen-bond donors (Lipinski definition) is 0. The Bertz CT molecular complexity index is 45.5. The predicted molar refractivity (Wildman–Crippen MR) is 80.4 cm³/mol. The van der Waals surface area contributed by atoms with E-state index in [0.29, 0.717) is 0 Å². The fourth-order valence-electron chi connectivity index (χ4n) is 0. The van der Waals surface area contributed by atoms with Crippen molar-refractivity contribution < 1.29 is 0 Å². The van der Waals surface area contributed by atoms with Gasteiger partial charge in [0.05, 0.1) is 0 Å². The van der Waals surface area contributed by atoms with Gasteiger partial charge in [-0.3, -0.25) is 0 Å². The van der Waals surface area contributed by atoms with E-state index in [-0.39, 0.29) is 0 Å². The lowest BCUT2D eigenvalue weighted by molar-refractivity contribution is 1.09. The smallest absolute Gasteiger partial charge is 0.00297 e. The van der Waals surface area contributed by atoms with Crippen LogP contribution in [0.2, 0.25) is 0 Å². The van der Waals surface area contributed by atoms with Crippen molar-refractivity contribution in [3.63, 3.8) is 0 Å². The van der Waals surface area contributed by atoms with E-state index in [1.807, 2.05) is 27.7 Å². The Labute approximate surface area is 101 Å². The standard InChI is InChI=1S/2C3H8.C3H4.2C2H6.C2H4/c3*1-3-2;3*1-2/h2*3H2,1-2H3;1H,2H3;2*1-2H3;1-2H2. The van der Waals surface area contributed by atoms with Crippen LogP contribution in [0.15, 0.2) is 13.2 Å². The zero-order valence-electron chi connectivity index (χ0n) is 12.9. The van der Waals surface area contributed by atoms with Crippen LogP contribution in [0.3, 0.4) is 0 Å². The van der Waals surface area contributed by atoms with E-state index in [4.69, 9.17) is 0 Å². The third kappa shape index (κ3) is 3470. The van der Waals surface area contributed by atoms with Crippen LogP contribution in [0.5, 0.6) is 0 Å². The van der Waals surface area contributed by atoms with Crippen LogP contribution in [0.25, 0.3) is 0 Å². The van der Waals surface area contributed by atoms with E-state index in [0.717, 1.165) is 0 Å². The summed E-state index contributed by atoms with van der Waals surface area (Å²) in [7, 11) is 0. The second kappa shape index (κ2) is 380. The Morgan fingerprint density at radius 1 is 0.800 bits per heavy atom. The summed E-state index contributed by atoms with van der Waals surface area (Å²) in [4.78, 5) is 0. The maximum Gasteiger partial charge on any atom is -0.00297 e. The topological polar surface area (TPSA) is 0 Å². The van der Waals surface area contributed by atoms with Gasteiger partial charge < -0.3 is 0 Å². The molecule has 0 heteroatoms. The summed E-state index contributed by atoms with van der Waals surface area (Å²) in [5.41, 5.74) is 0. The molecule has 0 aromatic rings. The van der Waals surface area contributed by atoms with E-state index in [9.17, 15) is 0 Å². The van der Waals surface area contributed by atoms with E-state index >= 15 is 0 Å². The third-order valence-electron chi connectivity index (χ3n) is 0. The van der Waals surface area contributed by atoms with Crippen LogP contribution in [0, 0.1) is 12.3 Å².